The zero-order valence-electron chi connectivity index (χ0n) is 8.42. The molecule has 1 aliphatic carbocycles. The molecule has 0 aromatic heterocycles. The van der Waals surface area contributed by atoms with Crippen LogP contribution >= 0.6 is 0 Å². The minimum absolute atomic E-state index is 0.961. The second-order valence-electron chi connectivity index (χ2n) is 5.10. The van der Waals surface area contributed by atoms with E-state index in [1.165, 1.54) is 38.9 Å². The standard InChI is InChI=1S/C11H21N/c1-9-3-4-12(7-9)8-11-5-10(2)6-11/h9-11H,3-8H2,1-2H3/t9-,10?,11?/m0/s1. The summed E-state index contributed by atoms with van der Waals surface area (Å²) in [6, 6.07) is 0. The molecule has 12 heavy (non-hydrogen) atoms. The minimum Gasteiger partial charge on any atom is -0.303 e. The second-order valence-corrected chi connectivity index (χ2v) is 5.10. The van der Waals surface area contributed by atoms with Crippen molar-refractivity contribution in [3.05, 3.63) is 0 Å². The molecule has 1 heterocycles. The highest BCUT2D eigenvalue weighted by Crippen LogP contribution is 2.34. The Bertz CT molecular complexity index is 149. The van der Waals surface area contributed by atoms with Crippen LogP contribution in [-0.4, -0.2) is 24.5 Å². The molecule has 2 fully saturated rings. The average Bonchev–Trinajstić information content (AvgIpc) is 2.33. The minimum atomic E-state index is 0.961. The van der Waals surface area contributed by atoms with Gasteiger partial charge >= 0.3 is 0 Å². The first-order valence-corrected chi connectivity index (χ1v) is 5.46. The lowest BCUT2D eigenvalue weighted by atomic mass is 9.76. The van der Waals surface area contributed by atoms with Gasteiger partial charge in [0.2, 0.25) is 0 Å². The summed E-state index contributed by atoms with van der Waals surface area (Å²) in [5.41, 5.74) is 0. The van der Waals surface area contributed by atoms with Crippen molar-refractivity contribution in [2.45, 2.75) is 33.1 Å². The van der Waals surface area contributed by atoms with Crippen LogP contribution in [0.4, 0.5) is 0 Å². The topological polar surface area (TPSA) is 3.24 Å². The fourth-order valence-electron chi connectivity index (χ4n) is 2.78. The van der Waals surface area contributed by atoms with Gasteiger partial charge in [0, 0.05) is 13.1 Å². The highest BCUT2D eigenvalue weighted by molar-refractivity contribution is 4.81. The zero-order valence-corrected chi connectivity index (χ0v) is 8.42. The molecule has 1 aliphatic heterocycles. The van der Waals surface area contributed by atoms with Crippen LogP contribution in [0, 0.1) is 17.8 Å². The zero-order chi connectivity index (χ0) is 8.55. The van der Waals surface area contributed by atoms with E-state index < -0.39 is 0 Å². The molecule has 1 atom stereocenters. The van der Waals surface area contributed by atoms with E-state index >= 15 is 0 Å². The molecule has 0 spiro atoms. The average molecular weight is 167 g/mol. The molecule has 2 aliphatic rings. The Hall–Kier alpha value is -0.0400. The van der Waals surface area contributed by atoms with Gasteiger partial charge in [-0.25, -0.2) is 0 Å². The lowest BCUT2D eigenvalue weighted by molar-refractivity contribution is 0.148. The Balaban J connectivity index is 1.67. The molecule has 1 saturated heterocycles. The van der Waals surface area contributed by atoms with Gasteiger partial charge in [0.25, 0.3) is 0 Å². The van der Waals surface area contributed by atoms with Crippen LogP contribution in [0.3, 0.4) is 0 Å². The molecule has 0 bridgehead atoms. The van der Waals surface area contributed by atoms with Crippen LogP contribution in [0.25, 0.3) is 0 Å². The normalized spacial score (nSPS) is 43.0. The highest BCUT2D eigenvalue weighted by atomic mass is 15.1. The van der Waals surface area contributed by atoms with Crippen LogP contribution < -0.4 is 0 Å². The third-order valence-corrected chi connectivity index (χ3v) is 3.50. The Morgan fingerprint density at radius 2 is 1.92 bits per heavy atom. The molecular formula is C11H21N. The first-order valence-electron chi connectivity index (χ1n) is 5.46. The summed E-state index contributed by atoms with van der Waals surface area (Å²) in [7, 11) is 0. The van der Waals surface area contributed by atoms with Crippen LogP contribution in [0.2, 0.25) is 0 Å². The van der Waals surface area contributed by atoms with Gasteiger partial charge < -0.3 is 4.90 Å². The molecule has 1 nitrogen and oxygen atoms in total. The summed E-state index contributed by atoms with van der Waals surface area (Å²) in [4.78, 5) is 2.67. The van der Waals surface area contributed by atoms with Gasteiger partial charge in [0.1, 0.15) is 0 Å². The molecule has 70 valence electrons. The number of hydrogen-bond donors (Lipinski definition) is 0. The van der Waals surface area contributed by atoms with E-state index in [2.05, 4.69) is 18.7 Å². The van der Waals surface area contributed by atoms with Gasteiger partial charge in [-0.15, -0.1) is 0 Å². The summed E-state index contributed by atoms with van der Waals surface area (Å²) in [5.74, 6) is 3.03. The van der Waals surface area contributed by atoms with Crippen molar-refractivity contribution in [1.82, 2.24) is 4.90 Å². The molecule has 0 N–H and O–H groups in total. The van der Waals surface area contributed by atoms with E-state index in [1.54, 1.807) is 0 Å². The number of rotatable bonds is 2. The van der Waals surface area contributed by atoms with E-state index in [-0.39, 0.29) is 0 Å². The van der Waals surface area contributed by atoms with E-state index in [0.29, 0.717) is 0 Å². The Labute approximate surface area is 76.1 Å². The van der Waals surface area contributed by atoms with Gasteiger partial charge in [-0.3, -0.25) is 0 Å². The molecule has 0 aromatic carbocycles. The van der Waals surface area contributed by atoms with Crippen LogP contribution in [-0.2, 0) is 0 Å². The predicted molar refractivity (Wildman–Crippen MR) is 52.1 cm³/mol. The van der Waals surface area contributed by atoms with E-state index in [4.69, 9.17) is 0 Å². The van der Waals surface area contributed by atoms with E-state index in [1.807, 2.05) is 0 Å². The monoisotopic (exact) mass is 167 g/mol. The Morgan fingerprint density at radius 1 is 1.17 bits per heavy atom. The molecule has 2 rings (SSSR count). The number of hydrogen-bond acceptors (Lipinski definition) is 1. The SMILES string of the molecule is CC1CC(CN2CC[C@H](C)C2)C1. The Morgan fingerprint density at radius 3 is 2.42 bits per heavy atom. The van der Waals surface area contributed by atoms with Gasteiger partial charge in [-0.2, -0.15) is 0 Å². The van der Waals surface area contributed by atoms with Gasteiger partial charge in [0.05, 0.1) is 0 Å². The molecule has 0 amide bonds. The van der Waals surface area contributed by atoms with Gasteiger partial charge in [0.15, 0.2) is 0 Å². The lowest BCUT2D eigenvalue weighted by Gasteiger charge is -2.35. The summed E-state index contributed by atoms with van der Waals surface area (Å²) >= 11 is 0. The third-order valence-electron chi connectivity index (χ3n) is 3.50. The van der Waals surface area contributed by atoms with Gasteiger partial charge in [-0.1, -0.05) is 13.8 Å². The van der Waals surface area contributed by atoms with Crippen molar-refractivity contribution in [3.63, 3.8) is 0 Å². The van der Waals surface area contributed by atoms with Crippen LogP contribution in [0.15, 0.2) is 0 Å². The summed E-state index contributed by atoms with van der Waals surface area (Å²) in [6.07, 6.45) is 4.41. The molecular weight excluding hydrogens is 146 g/mol. The Kier molecular flexibility index (Phi) is 2.40. The number of likely N-dealkylation sites (tertiary alicyclic amines) is 1. The lowest BCUT2D eigenvalue weighted by Crippen LogP contribution is -2.34. The quantitative estimate of drug-likeness (QED) is 0.610. The smallest absolute Gasteiger partial charge is 0.000997 e. The summed E-state index contributed by atoms with van der Waals surface area (Å²) in [5, 5.41) is 0. The van der Waals surface area contributed by atoms with E-state index in [9.17, 15) is 0 Å². The van der Waals surface area contributed by atoms with Crippen molar-refractivity contribution in [1.29, 1.82) is 0 Å². The van der Waals surface area contributed by atoms with Crippen molar-refractivity contribution >= 4 is 0 Å². The largest absolute Gasteiger partial charge is 0.303 e. The maximum Gasteiger partial charge on any atom is 0.000997 e. The maximum atomic E-state index is 2.67. The molecule has 1 saturated carbocycles. The van der Waals surface area contributed by atoms with Gasteiger partial charge in [-0.05, 0) is 43.6 Å². The predicted octanol–water partition coefficient (Wildman–Crippen LogP) is 2.37. The molecule has 0 aromatic rings. The third kappa shape index (κ3) is 1.82. The van der Waals surface area contributed by atoms with E-state index in [0.717, 1.165) is 17.8 Å². The summed E-state index contributed by atoms with van der Waals surface area (Å²) < 4.78 is 0. The molecule has 0 unspecified atom stereocenters. The molecule has 1 heteroatoms. The van der Waals surface area contributed by atoms with Crippen molar-refractivity contribution in [2.75, 3.05) is 19.6 Å². The highest BCUT2D eigenvalue weighted by Gasteiger charge is 2.29. The van der Waals surface area contributed by atoms with Crippen LogP contribution in [0.1, 0.15) is 33.1 Å². The maximum absolute atomic E-state index is 2.67. The second kappa shape index (κ2) is 3.37. The summed E-state index contributed by atoms with van der Waals surface area (Å²) in [6.45, 7) is 8.89. The van der Waals surface area contributed by atoms with Crippen molar-refractivity contribution < 1.29 is 0 Å². The van der Waals surface area contributed by atoms with Crippen molar-refractivity contribution in [2.24, 2.45) is 17.8 Å². The first kappa shape index (κ1) is 8.55. The fourth-order valence-corrected chi connectivity index (χ4v) is 2.78. The number of nitrogens with zero attached hydrogens (tertiary/aromatic N) is 1. The first-order chi connectivity index (χ1) is 5.74. The van der Waals surface area contributed by atoms with Crippen LogP contribution in [0.5, 0.6) is 0 Å². The van der Waals surface area contributed by atoms with Crippen molar-refractivity contribution in [3.8, 4) is 0 Å². The fraction of sp³-hybridized carbons (Fsp3) is 1.00. The molecule has 0 radical (unpaired) electrons.